The van der Waals surface area contributed by atoms with Crippen molar-refractivity contribution in [2.75, 3.05) is 6.61 Å². The number of rotatable bonds is 10. The number of carbonyl (C=O) groups is 2. The number of aliphatic hydroxyl groups is 1. The molecule has 4 rings (SSSR count). The van der Waals surface area contributed by atoms with Crippen molar-refractivity contribution < 1.29 is 29.3 Å². The predicted molar refractivity (Wildman–Crippen MR) is 154 cm³/mol. The minimum absolute atomic E-state index is 0.00000924. The van der Waals surface area contributed by atoms with Crippen LogP contribution < -0.4 is 9.47 Å². The first kappa shape index (κ1) is 28.7. The molecule has 1 fully saturated rings. The van der Waals surface area contributed by atoms with Crippen molar-refractivity contribution in [2.45, 2.75) is 65.1 Å². The van der Waals surface area contributed by atoms with Crippen molar-refractivity contribution in [3.05, 3.63) is 95.1 Å². The third kappa shape index (κ3) is 6.84. The Hall–Kier alpha value is -4.26. The van der Waals surface area contributed by atoms with Gasteiger partial charge >= 0.3 is 0 Å². The second-order valence-electron chi connectivity index (χ2n) is 11.0. The SMILES string of the molecule is CCCCCOc1ccc(/C(O)=C2/C(=O)C(=O)N(Cc3ccc(OC(C)(C)C)cc3)C2c2ccc(O)cc2)cc1. The van der Waals surface area contributed by atoms with Gasteiger partial charge in [0, 0.05) is 12.1 Å². The minimum atomic E-state index is -0.837. The second kappa shape index (κ2) is 12.3. The van der Waals surface area contributed by atoms with Crippen molar-refractivity contribution in [1.29, 1.82) is 0 Å². The van der Waals surface area contributed by atoms with Gasteiger partial charge in [-0.2, -0.15) is 0 Å². The van der Waals surface area contributed by atoms with Crippen LogP contribution in [0.4, 0.5) is 0 Å². The zero-order valence-corrected chi connectivity index (χ0v) is 23.5. The summed E-state index contributed by atoms with van der Waals surface area (Å²) in [7, 11) is 0. The Labute approximate surface area is 235 Å². The Balaban J connectivity index is 1.66. The molecule has 0 bridgehead atoms. The highest BCUT2D eigenvalue weighted by Gasteiger charge is 2.46. The van der Waals surface area contributed by atoms with Gasteiger partial charge in [0.2, 0.25) is 0 Å². The molecule has 40 heavy (non-hydrogen) atoms. The van der Waals surface area contributed by atoms with E-state index in [0.29, 0.717) is 29.2 Å². The number of ether oxygens (including phenoxy) is 2. The number of carbonyl (C=O) groups excluding carboxylic acids is 2. The van der Waals surface area contributed by atoms with Crippen LogP contribution in [0, 0.1) is 0 Å². The average molecular weight is 544 g/mol. The van der Waals surface area contributed by atoms with E-state index in [1.807, 2.05) is 45.0 Å². The van der Waals surface area contributed by atoms with E-state index in [0.717, 1.165) is 24.8 Å². The van der Waals surface area contributed by atoms with Gasteiger partial charge in [-0.3, -0.25) is 9.59 Å². The van der Waals surface area contributed by atoms with Crippen molar-refractivity contribution in [2.24, 2.45) is 0 Å². The molecule has 0 aromatic heterocycles. The second-order valence-corrected chi connectivity index (χ2v) is 11.0. The molecule has 210 valence electrons. The summed E-state index contributed by atoms with van der Waals surface area (Å²) in [6.45, 7) is 8.78. The Morgan fingerprint density at radius 1 is 0.875 bits per heavy atom. The van der Waals surface area contributed by atoms with Crippen LogP contribution >= 0.6 is 0 Å². The number of hydrogen-bond acceptors (Lipinski definition) is 6. The maximum Gasteiger partial charge on any atom is 0.295 e. The first-order valence-electron chi connectivity index (χ1n) is 13.7. The summed E-state index contributed by atoms with van der Waals surface area (Å²) in [5.41, 5.74) is 1.46. The molecule has 0 aliphatic carbocycles. The standard InChI is InChI=1S/C33H37NO6/c1-5-6-7-20-39-26-18-12-24(13-19-26)30(36)28-29(23-10-14-25(35)15-11-23)34(32(38)31(28)37)21-22-8-16-27(17-9-22)40-33(2,3)4/h8-19,29,35-36H,5-7,20-21H2,1-4H3/b30-28-. The lowest BCUT2D eigenvalue weighted by atomic mass is 9.95. The Kier molecular flexibility index (Phi) is 8.83. The van der Waals surface area contributed by atoms with Gasteiger partial charge in [0.1, 0.15) is 28.6 Å². The summed E-state index contributed by atoms with van der Waals surface area (Å²) < 4.78 is 11.7. The molecule has 1 heterocycles. The Bertz CT molecular complexity index is 1350. The quantitative estimate of drug-likeness (QED) is 0.127. The lowest BCUT2D eigenvalue weighted by molar-refractivity contribution is -0.140. The number of nitrogens with zero attached hydrogens (tertiary/aromatic N) is 1. The summed E-state index contributed by atoms with van der Waals surface area (Å²) in [5, 5.41) is 21.2. The van der Waals surface area contributed by atoms with E-state index < -0.39 is 17.7 Å². The number of unbranched alkanes of at least 4 members (excludes halogenated alkanes) is 2. The zero-order chi connectivity index (χ0) is 28.9. The normalized spacial score (nSPS) is 16.8. The lowest BCUT2D eigenvalue weighted by Crippen LogP contribution is -2.29. The van der Waals surface area contributed by atoms with Gasteiger partial charge in [0.15, 0.2) is 0 Å². The number of likely N-dealkylation sites (tertiary alicyclic amines) is 1. The van der Waals surface area contributed by atoms with Crippen molar-refractivity contribution in [3.8, 4) is 17.2 Å². The van der Waals surface area contributed by atoms with Crippen LogP contribution in [0.2, 0.25) is 0 Å². The van der Waals surface area contributed by atoms with Crippen LogP contribution in [0.15, 0.2) is 78.4 Å². The van der Waals surface area contributed by atoms with E-state index in [2.05, 4.69) is 6.92 Å². The molecule has 7 nitrogen and oxygen atoms in total. The number of hydrogen-bond donors (Lipinski definition) is 2. The molecule has 1 aliphatic heterocycles. The van der Waals surface area contributed by atoms with E-state index in [4.69, 9.17) is 9.47 Å². The molecule has 1 saturated heterocycles. The number of aliphatic hydroxyl groups excluding tert-OH is 1. The molecular weight excluding hydrogens is 506 g/mol. The number of amides is 1. The molecule has 3 aromatic rings. The van der Waals surface area contributed by atoms with Crippen molar-refractivity contribution >= 4 is 17.4 Å². The highest BCUT2D eigenvalue weighted by Crippen LogP contribution is 2.41. The number of aromatic hydroxyl groups is 1. The van der Waals surface area contributed by atoms with E-state index in [9.17, 15) is 19.8 Å². The molecule has 3 aromatic carbocycles. The summed E-state index contributed by atoms with van der Waals surface area (Å²) in [5.74, 6) is -0.294. The number of benzene rings is 3. The fourth-order valence-electron chi connectivity index (χ4n) is 4.67. The molecule has 0 radical (unpaired) electrons. The first-order valence-corrected chi connectivity index (χ1v) is 13.7. The minimum Gasteiger partial charge on any atom is -0.508 e. The molecule has 0 saturated carbocycles. The maximum absolute atomic E-state index is 13.3. The highest BCUT2D eigenvalue weighted by atomic mass is 16.5. The van der Waals surface area contributed by atoms with Crippen LogP contribution in [0.3, 0.4) is 0 Å². The third-order valence-electron chi connectivity index (χ3n) is 6.59. The number of ketones is 1. The number of phenolic OH excluding ortho intramolecular Hbond substituents is 1. The molecule has 1 amide bonds. The number of Topliss-reactive ketones (excluding diaryl/α,β-unsaturated/α-hetero) is 1. The molecule has 2 N–H and O–H groups in total. The lowest BCUT2D eigenvalue weighted by Gasteiger charge is -2.26. The summed E-state index contributed by atoms with van der Waals surface area (Å²) in [4.78, 5) is 28.1. The average Bonchev–Trinajstić information content (AvgIpc) is 3.17. The monoisotopic (exact) mass is 543 g/mol. The van der Waals surface area contributed by atoms with E-state index in [-0.39, 0.29) is 29.2 Å². The largest absolute Gasteiger partial charge is 0.508 e. The fraction of sp³-hybridized carbons (Fsp3) is 0.333. The summed E-state index contributed by atoms with van der Waals surface area (Å²) in [6.07, 6.45) is 3.15. The smallest absolute Gasteiger partial charge is 0.295 e. The summed E-state index contributed by atoms with van der Waals surface area (Å²) >= 11 is 0. The molecule has 1 aliphatic rings. The first-order chi connectivity index (χ1) is 19.1. The van der Waals surface area contributed by atoms with E-state index >= 15 is 0 Å². The van der Waals surface area contributed by atoms with Gasteiger partial charge in [-0.1, -0.05) is 44.0 Å². The van der Waals surface area contributed by atoms with Gasteiger partial charge < -0.3 is 24.6 Å². The van der Waals surface area contributed by atoms with Crippen LogP contribution in [0.25, 0.3) is 5.76 Å². The fourth-order valence-corrected chi connectivity index (χ4v) is 4.67. The van der Waals surface area contributed by atoms with Gasteiger partial charge in [-0.25, -0.2) is 0 Å². The predicted octanol–water partition coefficient (Wildman–Crippen LogP) is 6.76. The third-order valence-corrected chi connectivity index (χ3v) is 6.59. The van der Waals surface area contributed by atoms with Gasteiger partial charge in [0.25, 0.3) is 11.7 Å². The summed E-state index contributed by atoms with van der Waals surface area (Å²) in [6, 6.07) is 19.7. The Morgan fingerprint density at radius 3 is 2.10 bits per heavy atom. The Morgan fingerprint density at radius 2 is 1.50 bits per heavy atom. The molecule has 1 unspecified atom stereocenters. The van der Waals surface area contributed by atoms with E-state index in [1.165, 1.54) is 17.0 Å². The van der Waals surface area contributed by atoms with Crippen LogP contribution in [-0.2, 0) is 16.1 Å². The van der Waals surface area contributed by atoms with Crippen molar-refractivity contribution in [3.63, 3.8) is 0 Å². The van der Waals surface area contributed by atoms with Crippen LogP contribution in [0.1, 0.15) is 69.7 Å². The van der Waals surface area contributed by atoms with Gasteiger partial charge in [-0.05, 0) is 86.8 Å². The van der Waals surface area contributed by atoms with Gasteiger partial charge in [0.05, 0.1) is 18.2 Å². The van der Waals surface area contributed by atoms with E-state index in [1.54, 1.807) is 36.4 Å². The highest BCUT2D eigenvalue weighted by molar-refractivity contribution is 6.46. The molecule has 1 atom stereocenters. The number of phenols is 1. The van der Waals surface area contributed by atoms with Gasteiger partial charge in [-0.15, -0.1) is 0 Å². The van der Waals surface area contributed by atoms with Crippen LogP contribution in [0.5, 0.6) is 17.2 Å². The zero-order valence-electron chi connectivity index (χ0n) is 23.5. The molecule has 7 heteroatoms. The topological polar surface area (TPSA) is 96.3 Å². The maximum atomic E-state index is 13.3. The molecular formula is C33H37NO6. The molecule has 0 spiro atoms. The van der Waals surface area contributed by atoms with Crippen LogP contribution in [-0.4, -0.2) is 39.0 Å². The van der Waals surface area contributed by atoms with Crippen molar-refractivity contribution in [1.82, 2.24) is 4.90 Å².